The summed E-state index contributed by atoms with van der Waals surface area (Å²) >= 11 is 0. The molecule has 0 saturated carbocycles. The van der Waals surface area contributed by atoms with Gasteiger partial charge < -0.3 is 9.84 Å². The van der Waals surface area contributed by atoms with E-state index in [9.17, 15) is 18.9 Å². The minimum atomic E-state index is -1.59. The Balaban J connectivity index is 2.50. The standard InChI is InChI=1S/C15H20O5S/c1-2-20-14(16)10-11-21(19)13(15(17)18)9-8-12-6-4-3-5-7-12/h3-7,13H,2,8-11H2,1H3,(H,17,18). The summed E-state index contributed by atoms with van der Waals surface area (Å²) in [5.74, 6) is -1.52. The number of esters is 1. The van der Waals surface area contributed by atoms with Crippen LogP contribution < -0.4 is 0 Å². The van der Waals surface area contributed by atoms with E-state index in [4.69, 9.17) is 4.74 Å². The van der Waals surface area contributed by atoms with Crippen LogP contribution in [0.3, 0.4) is 0 Å². The molecule has 116 valence electrons. The molecule has 2 unspecified atom stereocenters. The van der Waals surface area contributed by atoms with Gasteiger partial charge in [0, 0.05) is 16.6 Å². The van der Waals surface area contributed by atoms with Gasteiger partial charge in [0.1, 0.15) is 5.25 Å². The number of hydrogen-bond donors (Lipinski definition) is 1. The third-order valence-corrected chi connectivity index (χ3v) is 4.62. The van der Waals surface area contributed by atoms with Gasteiger partial charge in [-0.05, 0) is 25.3 Å². The van der Waals surface area contributed by atoms with Gasteiger partial charge >= 0.3 is 11.9 Å². The molecule has 0 heterocycles. The molecule has 0 radical (unpaired) electrons. The van der Waals surface area contributed by atoms with Crippen LogP contribution in [0.2, 0.25) is 0 Å². The van der Waals surface area contributed by atoms with E-state index in [-0.39, 0.29) is 25.2 Å². The smallest absolute Gasteiger partial charge is 0.319 e. The van der Waals surface area contributed by atoms with Crippen LogP contribution in [0.25, 0.3) is 0 Å². The summed E-state index contributed by atoms with van der Waals surface area (Å²) in [4.78, 5) is 22.4. The van der Waals surface area contributed by atoms with E-state index in [0.29, 0.717) is 6.42 Å². The Morgan fingerprint density at radius 1 is 1.29 bits per heavy atom. The van der Waals surface area contributed by atoms with Crippen molar-refractivity contribution in [2.45, 2.75) is 31.4 Å². The van der Waals surface area contributed by atoms with Crippen molar-refractivity contribution in [3.8, 4) is 0 Å². The summed E-state index contributed by atoms with van der Waals surface area (Å²) in [6.07, 6.45) is 0.813. The van der Waals surface area contributed by atoms with E-state index >= 15 is 0 Å². The minimum absolute atomic E-state index is 0.0183. The lowest BCUT2D eigenvalue weighted by atomic mass is 10.1. The maximum absolute atomic E-state index is 12.0. The quantitative estimate of drug-likeness (QED) is 0.703. The summed E-state index contributed by atoms with van der Waals surface area (Å²) in [5.41, 5.74) is 1.01. The Hall–Kier alpha value is -1.69. The molecular formula is C15H20O5S. The molecule has 1 N–H and O–H groups in total. The van der Waals surface area contributed by atoms with Crippen molar-refractivity contribution in [1.82, 2.24) is 0 Å². The molecule has 0 amide bonds. The summed E-state index contributed by atoms with van der Waals surface area (Å²) in [5, 5.41) is 8.22. The van der Waals surface area contributed by atoms with Crippen molar-refractivity contribution in [2.75, 3.05) is 12.4 Å². The van der Waals surface area contributed by atoms with E-state index in [2.05, 4.69) is 0 Å². The van der Waals surface area contributed by atoms with Gasteiger partial charge in [-0.15, -0.1) is 0 Å². The molecule has 0 aliphatic carbocycles. The maximum Gasteiger partial charge on any atom is 0.319 e. The van der Waals surface area contributed by atoms with E-state index in [0.717, 1.165) is 5.56 Å². The minimum Gasteiger partial charge on any atom is -0.480 e. The number of ether oxygens (including phenoxy) is 1. The lowest BCUT2D eigenvalue weighted by molar-refractivity contribution is -0.142. The number of rotatable bonds is 9. The number of carbonyl (C=O) groups is 2. The second-order valence-corrected chi connectivity index (χ2v) is 6.23. The van der Waals surface area contributed by atoms with Gasteiger partial charge in [-0.25, -0.2) is 0 Å². The first-order chi connectivity index (χ1) is 10.0. The predicted octanol–water partition coefficient (Wildman–Crippen LogP) is 1.77. The van der Waals surface area contributed by atoms with Gasteiger partial charge in [0.05, 0.1) is 13.0 Å². The third-order valence-electron chi connectivity index (χ3n) is 2.94. The second kappa shape index (κ2) is 9.28. The summed E-state index contributed by atoms with van der Waals surface area (Å²) in [6.45, 7) is 1.95. The Kier molecular flexibility index (Phi) is 7.68. The van der Waals surface area contributed by atoms with E-state index in [1.54, 1.807) is 6.92 Å². The molecule has 1 aromatic carbocycles. The van der Waals surface area contributed by atoms with Crippen LogP contribution in [-0.2, 0) is 31.5 Å². The molecule has 5 nitrogen and oxygen atoms in total. The average Bonchev–Trinajstić information content (AvgIpc) is 2.46. The van der Waals surface area contributed by atoms with Gasteiger partial charge in [0.15, 0.2) is 0 Å². The topological polar surface area (TPSA) is 80.7 Å². The zero-order valence-electron chi connectivity index (χ0n) is 12.0. The molecule has 0 aromatic heterocycles. The monoisotopic (exact) mass is 312 g/mol. The third kappa shape index (κ3) is 6.53. The molecule has 1 rings (SSSR count). The Labute approximate surface area is 126 Å². The van der Waals surface area contributed by atoms with Gasteiger partial charge in [-0.1, -0.05) is 30.3 Å². The summed E-state index contributed by atoms with van der Waals surface area (Å²) < 4.78 is 16.8. The number of aryl methyl sites for hydroxylation is 1. The number of carboxylic acid groups (broad SMARTS) is 1. The normalized spacial score (nSPS) is 13.4. The maximum atomic E-state index is 12.0. The lowest BCUT2D eigenvalue weighted by Crippen LogP contribution is -2.28. The largest absolute Gasteiger partial charge is 0.480 e. The fraction of sp³-hybridized carbons (Fsp3) is 0.467. The molecule has 0 saturated heterocycles. The van der Waals surface area contributed by atoms with Crippen LogP contribution in [0.5, 0.6) is 0 Å². The number of carboxylic acids is 1. The number of hydrogen-bond acceptors (Lipinski definition) is 4. The number of aliphatic carboxylic acids is 1. The van der Waals surface area contributed by atoms with Crippen LogP contribution >= 0.6 is 0 Å². The van der Waals surface area contributed by atoms with Gasteiger partial charge in [-0.3, -0.25) is 13.8 Å². The van der Waals surface area contributed by atoms with Crippen molar-refractivity contribution in [3.05, 3.63) is 35.9 Å². The van der Waals surface area contributed by atoms with E-state index in [1.165, 1.54) is 0 Å². The summed E-state index contributed by atoms with van der Waals surface area (Å²) in [7, 11) is -1.59. The molecule has 0 spiro atoms. The van der Waals surface area contributed by atoms with Crippen molar-refractivity contribution >= 4 is 22.7 Å². The first-order valence-electron chi connectivity index (χ1n) is 6.84. The van der Waals surface area contributed by atoms with Gasteiger partial charge in [0.25, 0.3) is 0 Å². The summed E-state index contributed by atoms with van der Waals surface area (Å²) in [6, 6.07) is 9.45. The fourth-order valence-corrected chi connectivity index (χ4v) is 3.13. The highest BCUT2D eigenvalue weighted by molar-refractivity contribution is 7.86. The molecule has 2 atom stereocenters. The zero-order valence-corrected chi connectivity index (χ0v) is 12.8. The molecule has 21 heavy (non-hydrogen) atoms. The van der Waals surface area contributed by atoms with Crippen LogP contribution in [0.1, 0.15) is 25.3 Å². The van der Waals surface area contributed by atoms with Crippen LogP contribution in [0.4, 0.5) is 0 Å². The molecule has 1 aromatic rings. The van der Waals surface area contributed by atoms with E-state index in [1.807, 2.05) is 30.3 Å². The van der Waals surface area contributed by atoms with Gasteiger partial charge in [0.2, 0.25) is 0 Å². The molecule has 0 aliphatic heterocycles. The number of carbonyl (C=O) groups excluding carboxylic acids is 1. The molecule has 6 heteroatoms. The van der Waals surface area contributed by atoms with Gasteiger partial charge in [-0.2, -0.15) is 0 Å². The van der Waals surface area contributed by atoms with E-state index < -0.39 is 28.0 Å². The molecular weight excluding hydrogens is 292 g/mol. The highest BCUT2D eigenvalue weighted by atomic mass is 32.2. The van der Waals surface area contributed by atoms with Crippen LogP contribution in [0, 0.1) is 0 Å². The van der Waals surface area contributed by atoms with Crippen LogP contribution in [-0.4, -0.2) is 38.9 Å². The lowest BCUT2D eigenvalue weighted by Gasteiger charge is -2.12. The van der Waals surface area contributed by atoms with Crippen molar-refractivity contribution in [1.29, 1.82) is 0 Å². The van der Waals surface area contributed by atoms with Crippen molar-refractivity contribution in [3.63, 3.8) is 0 Å². The SMILES string of the molecule is CCOC(=O)CCS(=O)C(CCc1ccccc1)C(=O)O. The first-order valence-corrected chi connectivity index (χ1v) is 8.22. The average molecular weight is 312 g/mol. The highest BCUT2D eigenvalue weighted by Crippen LogP contribution is 2.11. The van der Waals surface area contributed by atoms with Crippen LogP contribution in [0.15, 0.2) is 30.3 Å². The Morgan fingerprint density at radius 2 is 1.95 bits per heavy atom. The molecule has 0 fully saturated rings. The Bertz CT molecular complexity index is 486. The zero-order chi connectivity index (χ0) is 15.7. The second-order valence-electron chi connectivity index (χ2n) is 4.49. The first kappa shape index (κ1) is 17.4. The molecule has 0 aliphatic rings. The fourth-order valence-electron chi connectivity index (χ4n) is 1.87. The highest BCUT2D eigenvalue weighted by Gasteiger charge is 2.24. The number of benzene rings is 1. The molecule has 0 bridgehead atoms. The predicted molar refractivity (Wildman–Crippen MR) is 80.4 cm³/mol. The van der Waals surface area contributed by atoms with Crippen molar-refractivity contribution < 1.29 is 23.6 Å². The van der Waals surface area contributed by atoms with Crippen molar-refractivity contribution in [2.24, 2.45) is 0 Å². The Morgan fingerprint density at radius 3 is 2.52 bits per heavy atom.